The van der Waals surface area contributed by atoms with E-state index < -0.39 is 5.97 Å². The number of esters is 1. The lowest BCUT2D eigenvalue weighted by molar-refractivity contribution is -0.123. The average molecular weight is 327 g/mol. The lowest BCUT2D eigenvalue weighted by Gasteiger charge is -2.20. The number of methoxy groups -OCH3 is 2. The summed E-state index contributed by atoms with van der Waals surface area (Å²) < 4.78 is 10.0. The van der Waals surface area contributed by atoms with Crippen molar-refractivity contribution in [1.82, 2.24) is 0 Å². The van der Waals surface area contributed by atoms with Crippen LogP contribution in [0.5, 0.6) is 5.75 Å². The van der Waals surface area contributed by atoms with E-state index in [9.17, 15) is 14.4 Å². The quantitative estimate of drug-likeness (QED) is 0.481. The molecule has 0 N–H and O–H groups in total. The van der Waals surface area contributed by atoms with Crippen molar-refractivity contribution in [2.75, 3.05) is 19.1 Å². The van der Waals surface area contributed by atoms with Crippen molar-refractivity contribution < 1.29 is 23.9 Å². The first-order valence-electron chi connectivity index (χ1n) is 7.89. The Balaban J connectivity index is 1.78. The Hall–Kier alpha value is -2.63. The van der Waals surface area contributed by atoms with Crippen LogP contribution in [0.1, 0.15) is 16.8 Å². The van der Waals surface area contributed by atoms with Gasteiger partial charge in [0.05, 0.1) is 37.3 Å². The SMILES string of the molecule is COC(=O)c1ccc(OC)c(N2C(=O)C3C4C=CC(C4)C3C2=O)c1. The summed E-state index contributed by atoms with van der Waals surface area (Å²) in [6, 6.07) is 4.60. The Bertz CT molecular complexity index is 754. The number of carbonyl (C=O) groups excluding carboxylic acids is 3. The zero-order valence-electron chi connectivity index (χ0n) is 13.4. The van der Waals surface area contributed by atoms with Gasteiger partial charge in [-0.1, -0.05) is 12.2 Å². The molecule has 0 spiro atoms. The first kappa shape index (κ1) is 14.9. The molecule has 6 nitrogen and oxygen atoms in total. The maximum absolute atomic E-state index is 12.9. The number of rotatable bonds is 3. The second kappa shape index (κ2) is 5.19. The second-order valence-corrected chi connectivity index (χ2v) is 6.39. The number of hydrogen-bond acceptors (Lipinski definition) is 5. The molecule has 1 saturated carbocycles. The first-order valence-corrected chi connectivity index (χ1v) is 7.89. The summed E-state index contributed by atoms with van der Waals surface area (Å²) in [6.45, 7) is 0. The third-order valence-electron chi connectivity index (χ3n) is 5.31. The van der Waals surface area contributed by atoms with Crippen molar-refractivity contribution in [3.8, 4) is 5.75 Å². The third kappa shape index (κ3) is 1.85. The maximum Gasteiger partial charge on any atom is 0.337 e. The van der Waals surface area contributed by atoms with Gasteiger partial charge in [0.25, 0.3) is 0 Å². The highest BCUT2D eigenvalue weighted by Gasteiger charge is 2.59. The van der Waals surface area contributed by atoms with Crippen LogP contribution < -0.4 is 9.64 Å². The Morgan fingerprint density at radius 1 is 1.08 bits per heavy atom. The van der Waals surface area contributed by atoms with Gasteiger partial charge >= 0.3 is 5.97 Å². The molecule has 1 saturated heterocycles. The second-order valence-electron chi connectivity index (χ2n) is 6.39. The summed E-state index contributed by atoms with van der Waals surface area (Å²) in [5.74, 6) is -0.876. The summed E-state index contributed by atoms with van der Waals surface area (Å²) >= 11 is 0. The minimum absolute atomic E-state index is 0.135. The molecule has 1 aliphatic heterocycles. The van der Waals surface area contributed by atoms with Gasteiger partial charge in [-0.25, -0.2) is 9.69 Å². The summed E-state index contributed by atoms with van der Waals surface area (Å²) in [7, 11) is 2.75. The largest absolute Gasteiger partial charge is 0.495 e. The molecule has 6 heteroatoms. The van der Waals surface area contributed by atoms with Crippen LogP contribution in [0.4, 0.5) is 5.69 Å². The van der Waals surface area contributed by atoms with Crippen molar-refractivity contribution in [3.05, 3.63) is 35.9 Å². The molecule has 1 aromatic rings. The van der Waals surface area contributed by atoms with Gasteiger partial charge < -0.3 is 9.47 Å². The normalized spacial score (nSPS) is 30.0. The predicted molar refractivity (Wildman–Crippen MR) is 84.5 cm³/mol. The van der Waals surface area contributed by atoms with Crippen LogP contribution in [0.25, 0.3) is 0 Å². The predicted octanol–water partition coefficient (Wildman–Crippen LogP) is 1.79. The van der Waals surface area contributed by atoms with Crippen molar-refractivity contribution in [3.63, 3.8) is 0 Å². The van der Waals surface area contributed by atoms with E-state index in [-0.39, 0.29) is 41.0 Å². The van der Waals surface area contributed by atoms with E-state index in [1.165, 1.54) is 25.2 Å². The van der Waals surface area contributed by atoms with E-state index in [1.54, 1.807) is 12.1 Å². The third-order valence-corrected chi connectivity index (χ3v) is 5.31. The Kier molecular flexibility index (Phi) is 3.23. The molecule has 2 amide bonds. The highest BCUT2D eigenvalue weighted by atomic mass is 16.5. The van der Waals surface area contributed by atoms with Crippen LogP contribution in [-0.4, -0.2) is 32.0 Å². The summed E-state index contributed by atoms with van der Waals surface area (Å²) in [6.07, 6.45) is 4.96. The van der Waals surface area contributed by atoms with Gasteiger partial charge in [-0.2, -0.15) is 0 Å². The van der Waals surface area contributed by atoms with Crippen LogP contribution in [0, 0.1) is 23.7 Å². The number of amides is 2. The Morgan fingerprint density at radius 2 is 1.71 bits per heavy atom. The zero-order valence-corrected chi connectivity index (χ0v) is 13.4. The fourth-order valence-electron chi connectivity index (χ4n) is 4.25. The highest BCUT2D eigenvalue weighted by Crippen LogP contribution is 2.53. The lowest BCUT2D eigenvalue weighted by atomic mass is 9.85. The standard InChI is InChI=1S/C18H17NO5/c1-23-13-6-5-11(18(22)24-2)8-12(13)19-16(20)14-9-3-4-10(7-9)15(14)17(19)21/h3-6,8-10,14-15H,7H2,1-2H3. The zero-order chi connectivity index (χ0) is 17.0. The number of hydrogen-bond donors (Lipinski definition) is 0. The minimum Gasteiger partial charge on any atom is -0.495 e. The molecule has 2 aliphatic carbocycles. The molecule has 1 aromatic carbocycles. The summed E-state index contributed by atoms with van der Waals surface area (Å²) in [5, 5.41) is 0. The van der Waals surface area contributed by atoms with Gasteiger partial charge in [-0.05, 0) is 36.5 Å². The van der Waals surface area contributed by atoms with Gasteiger partial charge in [-0.15, -0.1) is 0 Å². The van der Waals surface area contributed by atoms with Crippen LogP contribution in [0.15, 0.2) is 30.4 Å². The number of nitrogens with zero attached hydrogens (tertiary/aromatic N) is 1. The number of fused-ring (bicyclic) bond motifs is 5. The topological polar surface area (TPSA) is 72.9 Å². The molecule has 4 unspecified atom stereocenters. The number of imide groups is 1. The molecular weight excluding hydrogens is 310 g/mol. The van der Waals surface area contributed by atoms with Crippen molar-refractivity contribution in [1.29, 1.82) is 0 Å². The maximum atomic E-state index is 12.9. The van der Waals surface area contributed by atoms with E-state index in [2.05, 4.69) is 0 Å². The molecule has 0 aromatic heterocycles. The van der Waals surface area contributed by atoms with E-state index in [4.69, 9.17) is 9.47 Å². The van der Waals surface area contributed by atoms with Crippen molar-refractivity contribution >= 4 is 23.5 Å². The fourth-order valence-corrected chi connectivity index (χ4v) is 4.25. The number of allylic oxidation sites excluding steroid dienone is 2. The number of benzene rings is 1. The number of ether oxygens (including phenoxy) is 2. The molecule has 3 aliphatic rings. The smallest absolute Gasteiger partial charge is 0.337 e. The lowest BCUT2D eigenvalue weighted by Crippen LogP contribution is -2.33. The molecular formula is C18H17NO5. The van der Waals surface area contributed by atoms with E-state index in [0.717, 1.165) is 6.42 Å². The van der Waals surface area contributed by atoms with Gasteiger partial charge in [0.2, 0.25) is 11.8 Å². The Labute approximate surface area is 139 Å². The van der Waals surface area contributed by atoms with E-state index in [1.807, 2.05) is 12.2 Å². The van der Waals surface area contributed by atoms with Gasteiger partial charge in [0, 0.05) is 0 Å². The van der Waals surface area contributed by atoms with Crippen LogP contribution in [0.2, 0.25) is 0 Å². The molecule has 1 heterocycles. The van der Waals surface area contributed by atoms with Crippen LogP contribution in [-0.2, 0) is 14.3 Å². The van der Waals surface area contributed by atoms with Crippen LogP contribution >= 0.6 is 0 Å². The molecule has 24 heavy (non-hydrogen) atoms. The number of anilines is 1. The minimum atomic E-state index is -0.528. The van der Waals surface area contributed by atoms with Crippen molar-refractivity contribution in [2.24, 2.45) is 23.7 Å². The van der Waals surface area contributed by atoms with Crippen molar-refractivity contribution in [2.45, 2.75) is 6.42 Å². The fraction of sp³-hybridized carbons (Fsp3) is 0.389. The molecule has 2 bridgehead atoms. The first-order chi connectivity index (χ1) is 11.6. The molecule has 4 rings (SSSR count). The summed E-state index contributed by atoms with van der Waals surface area (Å²) in [4.78, 5) is 38.8. The van der Waals surface area contributed by atoms with Gasteiger partial charge in [0.1, 0.15) is 5.75 Å². The highest BCUT2D eigenvalue weighted by molar-refractivity contribution is 6.23. The van der Waals surface area contributed by atoms with E-state index >= 15 is 0 Å². The monoisotopic (exact) mass is 327 g/mol. The summed E-state index contributed by atoms with van der Waals surface area (Å²) in [5.41, 5.74) is 0.580. The number of carbonyl (C=O) groups is 3. The average Bonchev–Trinajstić information content (AvgIpc) is 3.27. The van der Waals surface area contributed by atoms with Gasteiger partial charge in [-0.3, -0.25) is 9.59 Å². The van der Waals surface area contributed by atoms with E-state index in [0.29, 0.717) is 11.4 Å². The molecule has 124 valence electrons. The van der Waals surface area contributed by atoms with Gasteiger partial charge in [0.15, 0.2) is 0 Å². The Morgan fingerprint density at radius 3 is 2.25 bits per heavy atom. The van der Waals surface area contributed by atoms with Crippen LogP contribution in [0.3, 0.4) is 0 Å². The molecule has 4 atom stereocenters. The molecule has 2 fully saturated rings. The molecule has 0 radical (unpaired) electrons.